The summed E-state index contributed by atoms with van der Waals surface area (Å²) in [5.74, 6) is -0.465. The van der Waals surface area contributed by atoms with Gasteiger partial charge in [-0.15, -0.1) is 0 Å². The zero-order chi connectivity index (χ0) is 15.4. The van der Waals surface area contributed by atoms with Gasteiger partial charge in [-0.1, -0.05) is 32.0 Å². The third-order valence-electron chi connectivity index (χ3n) is 4.07. The van der Waals surface area contributed by atoms with Crippen molar-refractivity contribution >= 4 is 11.8 Å². The number of nitrogens with one attached hydrogen (secondary N) is 1. The summed E-state index contributed by atoms with van der Waals surface area (Å²) in [5.41, 5.74) is 3.75. The molecule has 1 aromatic rings. The second-order valence-electron chi connectivity index (χ2n) is 5.52. The SMILES string of the molecule is CC.CN1CCc2cc(C3CCC(=O)NC3=O)ccc2C1. The Balaban J connectivity index is 0.000000774. The normalized spacial score (nSPS) is 22.0. The third-order valence-corrected chi connectivity index (χ3v) is 4.07. The molecular formula is C17H24N2O2. The molecule has 1 saturated heterocycles. The van der Waals surface area contributed by atoms with Gasteiger partial charge in [-0.25, -0.2) is 0 Å². The maximum atomic E-state index is 11.9. The molecule has 114 valence electrons. The van der Waals surface area contributed by atoms with Gasteiger partial charge in [-0.3, -0.25) is 14.9 Å². The molecule has 0 spiro atoms. The fourth-order valence-electron chi connectivity index (χ4n) is 2.94. The van der Waals surface area contributed by atoms with E-state index in [0.29, 0.717) is 12.8 Å². The number of rotatable bonds is 1. The van der Waals surface area contributed by atoms with E-state index in [0.717, 1.165) is 25.1 Å². The van der Waals surface area contributed by atoms with Gasteiger partial charge >= 0.3 is 0 Å². The smallest absolute Gasteiger partial charge is 0.234 e. The number of hydrogen-bond acceptors (Lipinski definition) is 3. The summed E-state index contributed by atoms with van der Waals surface area (Å²) in [6.45, 7) is 6.04. The van der Waals surface area contributed by atoms with E-state index >= 15 is 0 Å². The van der Waals surface area contributed by atoms with Crippen LogP contribution in [-0.2, 0) is 22.6 Å². The van der Waals surface area contributed by atoms with Crippen LogP contribution < -0.4 is 5.32 Å². The van der Waals surface area contributed by atoms with Gasteiger partial charge in [0.25, 0.3) is 0 Å². The number of benzene rings is 1. The predicted octanol–water partition coefficient (Wildman–Crippen LogP) is 2.22. The molecule has 1 aromatic carbocycles. The number of imide groups is 1. The standard InChI is InChI=1S/C15H18N2O2.C2H6/c1-17-7-6-10-8-11(2-3-12(10)9-17)13-4-5-14(18)16-15(13)19;1-2/h2-3,8,13H,4-7,9H2,1H3,(H,16,18,19);1-2H3. The predicted molar refractivity (Wildman–Crippen MR) is 83.0 cm³/mol. The lowest BCUT2D eigenvalue weighted by atomic mass is 9.87. The molecule has 0 aliphatic carbocycles. The van der Waals surface area contributed by atoms with Crippen molar-refractivity contribution < 1.29 is 9.59 Å². The van der Waals surface area contributed by atoms with Crippen LogP contribution in [0.4, 0.5) is 0 Å². The van der Waals surface area contributed by atoms with Crippen molar-refractivity contribution in [2.24, 2.45) is 0 Å². The van der Waals surface area contributed by atoms with Crippen molar-refractivity contribution in [3.8, 4) is 0 Å². The molecule has 2 amide bonds. The van der Waals surface area contributed by atoms with Gasteiger partial charge in [0.1, 0.15) is 0 Å². The lowest BCUT2D eigenvalue weighted by Gasteiger charge is -2.27. The topological polar surface area (TPSA) is 49.4 Å². The molecule has 0 radical (unpaired) electrons. The van der Waals surface area contributed by atoms with Gasteiger partial charge in [-0.2, -0.15) is 0 Å². The summed E-state index contributed by atoms with van der Waals surface area (Å²) < 4.78 is 0. The minimum absolute atomic E-state index is 0.149. The minimum Gasteiger partial charge on any atom is -0.302 e. The van der Waals surface area contributed by atoms with Crippen molar-refractivity contribution in [1.82, 2.24) is 10.2 Å². The molecular weight excluding hydrogens is 264 g/mol. The number of piperidine rings is 1. The van der Waals surface area contributed by atoms with E-state index in [-0.39, 0.29) is 17.7 Å². The summed E-state index contributed by atoms with van der Waals surface area (Å²) >= 11 is 0. The Kier molecular flexibility index (Phi) is 5.12. The number of carbonyl (C=O) groups is 2. The zero-order valence-electron chi connectivity index (χ0n) is 13.1. The van der Waals surface area contributed by atoms with Crippen molar-refractivity contribution in [2.45, 2.75) is 45.6 Å². The first-order valence-electron chi connectivity index (χ1n) is 7.77. The number of hydrogen-bond donors (Lipinski definition) is 1. The first kappa shape index (κ1) is 15.7. The molecule has 2 heterocycles. The van der Waals surface area contributed by atoms with Gasteiger partial charge in [0.05, 0.1) is 5.92 Å². The molecule has 1 atom stereocenters. The van der Waals surface area contributed by atoms with Crippen LogP contribution in [0.5, 0.6) is 0 Å². The molecule has 0 bridgehead atoms. The Bertz CT molecular complexity index is 540. The number of likely N-dealkylation sites (N-methyl/N-ethyl adjacent to an activating group) is 1. The molecule has 21 heavy (non-hydrogen) atoms. The summed E-state index contributed by atoms with van der Waals surface area (Å²) in [4.78, 5) is 25.4. The number of nitrogens with zero attached hydrogens (tertiary/aromatic N) is 1. The summed E-state index contributed by atoms with van der Waals surface area (Å²) in [6, 6.07) is 6.32. The molecule has 2 aliphatic rings. The summed E-state index contributed by atoms with van der Waals surface area (Å²) in [6.07, 6.45) is 2.10. The highest BCUT2D eigenvalue weighted by atomic mass is 16.2. The van der Waals surface area contributed by atoms with E-state index in [2.05, 4.69) is 29.4 Å². The highest BCUT2D eigenvalue weighted by Gasteiger charge is 2.28. The van der Waals surface area contributed by atoms with Gasteiger partial charge in [0.15, 0.2) is 0 Å². The van der Waals surface area contributed by atoms with E-state index in [4.69, 9.17) is 0 Å². The molecule has 0 aromatic heterocycles. The first-order chi connectivity index (χ1) is 10.1. The van der Waals surface area contributed by atoms with E-state index in [1.54, 1.807) is 0 Å². The van der Waals surface area contributed by atoms with Gasteiger partial charge in [0, 0.05) is 19.5 Å². The van der Waals surface area contributed by atoms with Crippen molar-refractivity contribution in [2.75, 3.05) is 13.6 Å². The van der Waals surface area contributed by atoms with Crippen molar-refractivity contribution in [1.29, 1.82) is 0 Å². The Morgan fingerprint density at radius 3 is 2.62 bits per heavy atom. The lowest BCUT2D eigenvalue weighted by molar-refractivity contribution is -0.134. The number of amides is 2. The van der Waals surface area contributed by atoms with E-state index < -0.39 is 0 Å². The van der Waals surface area contributed by atoms with Crippen LogP contribution in [0.25, 0.3) is 0 Å². The highest BCUT2D eigenvalue weighted by molar-refractivity contribution is 6.00. The van der Waals surface area contributed by atoms with Crippen LogP contribution in [0, 0.1) is 0 Å². The maximum Gasteiger partial charge on any atom is 0.234 e. The van der Waals surface area contributed by atoms with E-state index in [9.17, 15) is 9.59 Å². The van der Waals surface area contributed by atoms with Gasteiger partial charge in [-0.05, 0) is 36.6 Å². The Morgan fingerprint density at radius 2 is 1.90 bits per heavy atom. The molecule has 1 N–H and O–H groups in total. The number of fused-ring (bicyclic) bond motifs is 1. The summed E-state index contributed by atoms with van der Waals surface area (Å²) in [7, 11) is 2.12. The average molecular weight is 288 g/mol. The highest BCUT2D eigenvalue weighted by Crippen LogP contribution is 2.28. The fourth-order valence-corrected chi connectivity index (χ4v) is 2.94. The second-order valence-corrected chi connectivity index (χ2v) is 5.52. The third kappa shape index (κ3) is 3.50. The Hall–Kier alpha value is -1.68. The molecule has 4 heteroatoms. The van der Waals surface area contributed by atoms with Crippen molar-refractivity contribution in [3.05, 3.63) is 34.9 Å². The molecule has 2 aliphatic heterocycles. The number of carbonyl (C=O) groups excluding carboxylic acids is 2. The van der Waals surface area contributed by atoms with Crippen LogP contribution in [0.2, 0.25) is 0 Å². The molecule has 1 fully saturated rings. The van der Waals surface area contributed by atoms with Gasteiger partial charge in [0.2, 0.25) is 11.8 Å². The fraction of sp³-hybridized carbons (Fsp3) is 0.529. The largest absolute Gasteiger partial charge is 0.302 e. The van der Waals surface area contributed by atoms with Crippen LogP contribution in [0.15, 0.2) is 18.2 Å². The Morgan fingerprint density at radius 1 is 1.14 bits per heavy atom. The molecule has 3 rings (SSSR count). The summed E-state index contributed by atoms with van der Waals surface area (Å²) in [5, 5.41) is 2.43. The molecule has 1 unspecified atom stereocenters. The second kappa shape index (κ2) is 6.85. The average Bonchev–Trinajstić information content (AvgIpc) is 2.49. The maximum absolute atomic E-state index is 11.9. The molecule has 0 saturated carbocycles. The van der Waals surface area contributed by atoms with Crippen molar-refractivity contribution in [3.63, 3.8) is 0 Å². The molecule has 4 nitrogen and oxygen atoms in total. The Labute approximate surface area is 126 Å². The van der Waals surface area contributed by atoms with E-state index in [1.807, 2.05) is 19.9 Å². The minimum atomic E-state index is -0.164. The first-order valence-corrected chi connectivity index (χ1v) is 7.77. The van der Waals surface area contributed by atoms with Crippen LogP contribution in [-0.4, -0.2) is 30.3 Å². The van der Waals surface area contributed by atoms with Gasteiger partial charge < -0.3 is 4.90 Å². The quantitative estimate of drug-likeness (QED) is 0.806. The zero-order valence-corrected chi connectivity index (χ0v) is 13.1. The van der Waals surface area contributed by atoms with Crippen LogP contribution >= 0.6 is 0 Å². The van der Waals surface area contributed by atoms with E-state index in [1.165, 1.54) is 11.1 Å². The lowest BCUT2D eigenvalue weighted by Crippen LogP contribution is -2.39. The van der Waals surface area contributed by atoms with Crippen LogP contribution in [0.1, 0.15) is 49.3 Å². The monoisotopic (exact) mass is 288 g/mol. The van der Waals surface area contributed by atoms with Crippen LogP contribution in [0.3, 0.4) is 0 Å².